The van der Waals surface area contributed by atoms with Gasteiger partial charge < -0.3 is 15.0 Å². The molecule has 0 bridgehead atoms. The highest BCUT2D eigenvalue weighted by Crippen LogP contribution is 2.22. The highest BCUT2D eigenvalue weighted by Gasteiger charge is 2.27. The molecular formula is C22H23N3O4. The topological polar surface area (TPSA) is 95.4 Å². The normalized spacial score (nSPS) is 16.8. The number of carbonyl (C=O) groups excluding carboxylic acids is 1. The van der Waals surface area contributed by atoms with E-state index >= 15 is 0 Å². The van der Waals surface area contributed by atoms with E-state index in [2.05, 4.69) is 4.98 Å². The summed E-state index contributed by atoms with van der Waals surface area (Å²) >= 11 is 0. The quantitative estimate of drug-likeness (QED) is 0.663. The molecule has 0 spiro atoms. The summed E-state index contributed by atoms with van der Waals surface area (Å²) in [5.41, 5.74) is 0.674. The largest absolute Gasteiger partial charge is 0.508 e. The second-order valence-corrected chi connectivity index (χ2v) is 7.47. The first-order valence-corrected chi connectivity index (χ1v) is 9.82. The first-order chi connectivity index (χ1) is 14.0. The van der Waals surface area contributed by atoms with Crippen LogP contribution in [0.15, 0.2) is 58.1 Å². The molecule has 4 rings (SSSR count). The number of amides is 1. The van der Waals surface area contributed by atoms with Gasteiger partial charge in [0.05, 0.1) is 11.0 Å². The first kappa shape index (κ1) is 19.0. The maximum absolute atomic E-state index is 13.1. The molecule has 2 N–H and O–H groups in total. The molecule has 1 saturated heterocycles. The zero-order chi connectivity index (χ0) is 20.4. The summed E-state index contributed by atoms with van der Waals surface area (Å²) in [5.74, 6) is 0.0530. The summed E-state index contributed by atoms with van der Waals surface area (Å²) < 4.78 is 1.27. The second-order valence-electron chi connectivity index (χ2n) is 7.47. The predicted molar refractivity (Wildman–Crippen MR) is 110 cm³/mol. The van der Waals surface area contributed by atoms with Crippen LogP contribution in [0.25, 0.3) is 11.0 Å². The Morgan fingerprint density at radius 3 is 2.62 bits per heavy atom. The van der Waals surface area contributed by atoms with Gasteiger partial charge in [0, 0.05) is 12.6 Å². The van der Waals surface area contributed by atoms with Gasteiger partial charge in [0.1, 0.15) is 12.3 Å². The molecule has 1 atom stereocenters. The van der Waals surface area contributed by atoms with Gasteiger partial charge in [0.15, 0.2) is 0 Å². The number of fused-ring (bicyclic) bond motifs is 1. The number of phenolic OH excluding ortho intramolecular Hbond substituents is 1. The van der Waals surface area contributed by atoms with Crippen LogP contribution < -0.4 is 11.1 Å². The van der Waals surface area contributed by atoms with Crippen LogP contribution in [0, 0.1) is 0 Å². The van der Waals surface area contributed by atoms with Crippen LogP contribution in [0.2, 0.25) is 0 Å². The molecule has 1 fully saturated rings. The van der Waals surface area contributed by atoms with Crippen LogP contribution in [-0.4, -0.2) is 38.1 Å². The van der Waals surface area contributed by atoms with Gasteiger partial charge in [-0.3, -0.25) is 19.0 Å². The average molecular weight is 393 g/mol. The molecule has 0 aliphatic carbocycles. The number of hydrogen-bond acceptors (Lipinski definition) is 4. The number of phenols is 1. The molecule has 7 heteroatoms. The van der Waals surface area contributed by atoms with E-state index in [4.69, 9.17) is 0 Å². The maximum atomic E-state index is 13.1. The van der Waals surface area contributed by atoms with Gasteiger partial charge in [-0.15, -0.1) is 0 Å². The summed E-state index contributed by atoms with van der Waals surface area (Å²) in [7, 11) is 0. The molecule has 7 nitrogen and oxygen atoms in total. The number of likely N-dealkylation sites (tertiary alicyclic amines) is 1. The van der Waals surface area contributed by atoms with Crippen molar-refractivity contribution >= 4 is 16.9 Å². The van der Waals surface area contributed by atoms with E-state index in [1.165, 1.54) is 4.57 Å². The SMILES string of the molecule is O=C(Cn1c(=O)c(=O)[nH]c2ccccc21)N1CCCCC1Cc1ccc(O)cc1. The Bertz CT molecular complexity index is 1150. The molecule has 2 heterocycles. The van der Waals surface area contributed by atoms with Gasteiger partial charge in [0.2, 0.25) is 5.91 Å². The highest BCUT2D eigenvalue weighted by atomic mass is 16.3. The number of H-pyrrole nitrogens is 1. The van der Waals surface area contributed by atoms with E-state index in [9.17, 15) is 19.5 Å². The number of aromatic nitrogens is 2. The lowest BCUT2D eigenvalue weighted by Gasteiger charge is -2.36. The minimum Gasteiger partial charge on any atom is -0.508 e. The molecule has 1 unspecified atom stereocenters. The highest BCUT2D eigenvalue weighted by molar-refractivity contribution is 5.80. The van der Waals surface area contributed by atoms with E-state index in [1.807, 2.05) is 17.0 Å². The monoisotopic (exact) mass is 393 g/mol. The van der Waals surface area contributed by atoms with Crippen molar-refractivity contribution < 1.29 is 9.90 Å². The van der Waals surface area contributed by atoms with Crippen molar-refractivity contribution in [3.63, 3.8) is 0 Å². The third-order valence-electron chi connectivity index (χ3n) is 5.53. The van der Waals surface area contributed by atoms with Crippen molar-refractivity contribution in [1.29, 1.82) is 0 Å². The number of nitrogens with one attached hydrogen (secondary N) is 1. The summed E-state index contributed by atoms with van der Waals surface area (Å²) in [6.07, 6.45) is 3.54. The number of aromatic amines is 1. The zero-order valence-electron chi connectivity index (χ0n) is 16.0. The van der Waals surface area contributed by atoms with E-state index in [0.29, 0.717) is 24.0 Å². The lowest BCUT2D eigenvalue weighted by Crippen LogP contribution is -2.48. The molecule has 1 aliphatic heterocycles. The van der Waals surface area contributed by atoms with Crippen molar-refractivity contribution in [3.8, 4) is 5.75 Å². The van der Waals surface area contributed by atoms with Gasteiger partial charge in [0.25, 0.3) is 0 Å². The van der Waals surface area contributed by atoms with Crippen molar-refractivity contribution in [2.24, 2.45) is 0 Å². The smallest absolute Gasteiger partial charge is 0.317 e. The Morgan fingerprint density at radius 1 is 1.07 bits per heavy atom. The first-order valence-electron chi connectivity index (χ1n) is 9.82. The van der Waals surface area contributed by atoms with Gasteiger partial charge in [-0.25, -0.2) is 0 Å². The number of aromatic hydroxyl groups is 1. The summed E-state index contributed by atoms with van der Waals surface area (Å²) in [6, 6.07) is 14.0. The predicted octanol–water partition coefficient (Wildman–Crippen LogP) is 2.02. The molecule has 29 heavy (non-hydrogen) atoms. The summed E-state index contributed by atoms with van der Waals surface area (Å²) in [6.45, 7) is 0.479. The van der Waals surface area contributed by atoms with Crippen molar-refractivity contribution in [1.82, 2.24) is 14.5 Å². The summed E-state index contributed by atoms with van der Waals surface area (Å²) in [4.78, 5) is 42.0. The number of carbonyl (C=O) groups is 1. The number of benzene rings is 2. The number of hydrogen-bond donors (Lipinski definition) is 2. The number of rotatable bonds is 4. The van der Waals surface area contributed by atoms with Crippen LogP contribution in [0.4, 0.5) is 0 Å². The van der Waals surface area contributed by atoms with Crippen LogP contribution in [0.5, 0.6) is 5.75 Å². The molecule has 0 radical (unpaired) electrons. The van der Waals surface area contributed by atoms with Crippen molar-refractivity contribution in [3.05, 3.63) is 74.8 Å². The Balaban J connectivity index is 1.60. The second kappa shape index (κ2) is 7.95. The number of piperidine rings is 1. The van der Waals surface area contributed by atoms with Crippen molar-refractivity contribution in [2.45, 2.75) is 38.3 Å². The molecule has 2 aromatic carbocycles. The Hall–Kier alpha value is -3.35. The zero-order valence-corrected chi connectivity index (χ0v) is 16.0. The van der Waals surface area contributed by atoms with E-state index in [0.717, 1.165) is 24.8 Å². The molecule has 1 aliphatic rings. The Labute approximate surface area is 167 Å². The lowest BCUT2D eigenvalue weighted by atomic mass is 9.95. The van der Waals surface area contributed by atoms with Crippen molar-refractivity contribution in [2.75, 3.05) is 6.54 Å². The molecule has 1 amide bonds. The molecule has 1 aromatic heterocycles. The maximum Gasteiger partial charge on any atom is 0.317 e. The van der Waals surface area contributed by atoms with E-state index < -0.39 is 11.1 Å². The average Bonchev–Trinajstić information content (AvgIpc) is 2.73. The molecule has 0 saturated carbocycles. The molecular weight excluding hydrogens is 370 g/mol. The Kier molecular flexibility index (Phi) is 5.20. The van der Waals surface area contributed by atoms with Crippen LogP contribution in [-0.2, 0) is 17.8 Å². The molecule has 3 aromatic rings. The van der Waals surface area contributed by atoms with Crippen LogP contribution >= 0.6 is 0 Å². The van der Waals surface area contributed by atoms with Crippen LogP contribution in [0.3, 0.4) is 0 Å². The fourth-order valence-corrected chi connectivity index (χ4v) is 4.05. The Morgan fingerprint density at radius 2 is 1.83 bits per heavy atom. The van der Waals surface area contributed by atoms with Gasteiger partial charge in [-0.05, 0) is 55.5 Å². The fraction of sp³-hybridized carbons (Fsp3) is 0.318. The third kappa shape index (κ3) is 3.94. The third-order valence-corrected chi connectivity index (χ3v) is 5.53. The van der Waals surface area contributed by atoms with E-state index in [-0.39, 0.29) is 24.2 Å². The minimum absolute atomic E-state index is 0.0322. The van der Waals surface area contributed by atoms with E-state index in [1.54, 1.807) is 36.4 Å². The van der Waals surface area contributed by atoms with Gasteiger partial charge in [-0.1, -0.05) is 24.3 Å². The molecule has 150 valence electrons. The minimum atomic E-state index is -0.726. The fourth-order valence-electron chi connectivity index (χ4n) is 4.05. The summed E-state index contributed by atoms with van der Waals surface area (Å²) in [5, 5.41) is 9.48. The number of para-hydroxylation sites is 2. The van der Waals surface area contributed by atoms with Crippen LogP contribution in [0.1, 0.15) is 24.8 Å². The lowest BCUT2D eigenvalue weighted by molar-refractivity contribution is -0.135. The standard InChI is InChI=1S/C22H23N3O4/c26-17-10-8-15(9-11-17)13-16-5-3-4-12-24(16)20(27)14-25-19-7-2-1-6-18(19)23-21(28)22(25)29/h1-2,6-11,16,26H,3-5,12-14H2,(H,23,28). The number of nitrogens with zero attached hydrogens (tertiary/aromatic N) is 2. The van der Waals surface area contributed by atoms with Gasteiger partial charge >= 0.3 is 11.1 Å². The van der Waals surface area contributed by atoms with Gasteiger partial charge in [-0.2, -0.15) is 0 Å².